The van der Waals surface area contributed by atoms with Crippen LogP contribution in [0.25, 0.3) is 0 Å². The lowest BCUT2D eigenvalue weighted by atomic mass is 9.72. The fraction of sp³-hybridized carbons (Fsp3) is 0.538. The van der Waals surface area contributed by atoms with Crippen molar-refractivity contribution in [2.75, 3.05) is 25.0 Å². The third kappa shape index (κ3) is 1.63. The average Bonchev–Trinajstić information content (AvgIpc) is 2.30. The zero-order valence-electron chi connectivity index (χ0n) is 9.05. The minimum absolute atomic E-state index is 0.527. The van der Waals surface area contributed by atoms with Gasteiger partial charge in [0.25, 0.3) is 0 Å². The molecular formula is C13H18N2. The lowest BCUT2D eigenvalue weighted by Crippen LogP contribution is -2.44. The number of fused-ring (bicyclic) bond motifs is 1. The molecule has 0 radical (unpaired) electrons. The van der Waals surface area contributed by atoms with Crippen molar-refractivity contribution in [2.45, 2.75) is 19.3 Å². The summed E-state index contributed by atoms with van der Waals surface area (Å²) >= 11 is 0. The molecule has 15 heavy (non-hydrogen) atoms. The molecule has 0 unspecified atom stereocenters. The number of piperidine rings is 1. The molecule has 0 bridgehead atoms. The Hall–Kier alpha value is -1.02. The van der Waals surface area contributed by atoms with E-state index in [1.165, 1.54) is 43.6 Å². The van der Waals surface area contributed by atoms with Gasteiger partial charge in [-0.15, -0.1) is 0 Å². The second-order valence-corrected chi connectivity index (χ2v) is 4.94. The Morgan fingerprint density at radius 2 is 1.87 bits per heavy atom. The van der Waals surface area contributed by atoms with E-state index in [9.17, 15) is 0 Å². The number of para-hydroxylation sites is 1. The van der Waals surface area contributed by atoms with Crippen LogP contribution in [0, 0.1) is 5.41 Å². The topological polar surface area (TPSA) is 24.1 Å². The van der Waals surface area contributed by atoms with E-state index in [0.717, 1.165) is 6.54 Å². The molecule has 0 aliphatic carbocycles. The minimum Gasteiger partial charge on any atom is -0.384 e. The zero-order chi connectivity index (χ0) is 10.1. The molecule has 2 heteroatoms. The Bertz CT molecular complexity index is 353. The molecular weight excluding hydrogens is 184 g/mol. The first-order valence-electron chi connectivity index (χ1n) is 5.91. The lowest BCUT2D eigenvalue weighted by Gasteiger charge is -2.42. The molecule has 2 aliphatic rings. The molecule has 1 saturated heterocycles. The van der Waals surface area contributed by atoms with Gasteiger partial charge in [-0.1, -0.05) is 18.2 Å². The van der Waals surface area contributed by atoms with Gasteiger partial charge in [0.15, 0.2) is 0 Å². The number of rotatable bonds is 0. The van der Waals surface area contributed by atoms with E-state index in [0.29, 0.717) is 5.41 Å². The maximum Gasteiger partial charge on any atom is 0.0373 e. The molecule has 0 saturated carbocycles. The third-order valence-electron chi connectivity index (χ3n) is 3.90. The first kappa shape index (κ1) is 9.22. The first-order valence-corrected chi connectivity index (χ1v) is 5.91. The Morgan fingerprint density at radius 1 is 1.07 bits per heavy atom. The van der Waals surface area contributed by atoms with Crippen molar-refractivity contribution in [2.24, 2.45) is 5.41 Å². The largest absolute Gasteiger partial charge is 0.384 e. The summed E-state index contributed by atoms with van der Waals surface area (Å²) in [7, 11) is 0. The first-order chi connectivity index (χ1) is 7.38. The lowest BCUT2D eigenvalue weighted by molar-refractivity contribution is 0.212. The summed E-state index contributed by atoms with van der Waals surface area (Å²) in [5, 5.41) is 7.05. The van der Waals surface area contributed by atoms with Crippen molar-refractivity contribution >= 4 is 5.69 Å². The molecule has 1 spiro atoms. The quantitative estimate of drug-likeness (QED) is 0.672. The highest BCUT2D eigenvalue weighted by molar-refractivity contribution is 5.53. The normalized spacial score (nSPS) is 23.2. The van der Waals surface area contributed by atoms with Crippen molar-refractivity contribution in [1.82, 2.24) is 5.32 Å². The zero-order valence-corrected chi connectivity index (χ0v) is 9.05. The summed E-state index contributed by atoms with van der Waals surface area (Å²) in [5.41, 5.74) is 3.38. The molecule has 1 aromatic carbocycles. The van der Waals surface area contributed by atoms with Crippen molar-refractivity contribution in [3.63, 3.8) is 0 Å². The van der Waals surface area contributed by atoms with Crippen LogP contribution in [-0.4, -0.2) is 19.6 Å². The number of anilines is 1. The predicted molar refractivity (Wildman–Crippen MR) is 63.2 cm³/mol. The number of hydrogen-bond acceptors (Lipinski definition) is 2. The summed E-state index contributed by atoms with van der Waals surface area (Å²) in [6, 6.07) is 8.74. The Morgan fingerprint density at radius 3 is 2.73 bits per heavy atom. The van der Waals surface area contributed by atoms with Crippen molar-refractivity contribution in [3.8, 4) is 0 Å². The molecule has 0 aromatic heterocycles. The number of nitrogens with one attached hydrogen (secondary N) is 2. The fourth-order valence-electron chi connectivity index (χ4n) is 2.91. The van der Waals surface area contributed by atoms with E-state index >= 15 is 0 Å². The Labute approximate surface area is 91.1 Å². The van der Waals surface area contributed by atoms with Crippen LogP contribution in [0.15, 0.2) is 24.3 Å². The average molecular weight is 202 g/mol. The minimum atomic E-state index is 0.527. The highest BCUT2D eigenvalue weighted by atomic mass is 14.9. The molecule has 0 amide bonds. The fourth-order valence-corrected chi connectivity index (χ4v) is 2.91. The van der Waals surface area contributed by atoms with Gasteiger partial charge in [-0.2, -0.15) is 0 Å². The van der Waals surface area contributed by atoms with E-state index in [1.54, 1.807) is 0 Å². The van der Waals surface area contributed by atoms with Gasteiger partial charge in [0.05, 0.1) is 0 Å². The Kier molecular flexibility index (Phi) is 2.17. The van der Waals surface area contributed by atoms with Gasteiger partial charge < -0.3 is 10.6 Å². The van der Waals surface area contributed by atoms with Crippen molar-refractivity contribution in [3.05, 3.63) is 29.8 Å². The monoisotopic (exact) mass is 202 g/mol. The van der Waals surface area contributed by atoms with Gasteiger partial charge in [0.2, 0.25) is 0 Å². The second-order valence-electron chi connectivity index (χ2n) is 4.94. The summed E-state index contributed by atoms with van der Waals surface area (Å²) in [4.78, 5) is 0. The SMILES string of the molecule is c1ccc2c(c1)CC1(CCNCC1)CN2. The molecule has 1 aromatic rings. The van der Waals surface area contributed by atoms with Crippen LogP contribution < -0.4 is 10.6 Å². The van der Waals surface area contributed by atoms with Gasteiger partial charge in [-0.3, -0.25) is 0 Å². The molecule has 2 N–H and O–H groups in total. The molecule has 2 aliphatic heterocycles. The van der Waals surface area contributed by atoms with Crippen LogP contribution in [0.5, 0.6) is 0 Å². The summed E-state index contributed by atoms with van der Waals surface area (Å²) in [6.45, 7) is 3.53. The molecule has 0 atom stereocenters. The summed E-state index contributed by atoms with van der Waals surface area (Å²) < 4.78 is 0. The second kappa shape index (κ2) is 3.53. The van der Waals surface area contributed by atoms with Gasteiger partial charge in [-0.25, -0.2) is 0 Å². The van der Waals surface area contributed by atoms with Crippen LogP contribution in [0.2, 0.25) is 0 Å². The number of benzene rings is 1. The van der Waals surface area contributed by atoms with Crippen molar-refractivity contribution in [1.29, 1.82) is 0 Å². The van der Waals surface area contributed by atoms with Crippen LogP contribution in [-0.2, 0) is 6.42 Å². The molecule has 2 nitrogen and oxygen atoms in total. The van der Waals surface area contributed by atoms with E-state index < -0.39 is 0 Å². The van der Waals surface area contributed by atoms with E-state index in [-0.39, 0.29) is 0 Å². The van der Waals surface area contributed by atoms with Gasteiger partial charge in [-0.05, 0) is 49.4 Å². The van der Waals surface area contributed by atoms with E-state index in [2.05, 4.69) is 34.9 Å². The standard InChI is InChI=1S/C13H18N2/c1-2-4-12-11(3-1)9-13(10-15-12)5-7-14-8-6-13/h1-4,14-15H,5-10H2. The summed E-state index contributed by atoms with van der Waals surface area (Å²) in [6.07, 6.45) is 3.89. The molecule has 1 fully saturated rings. The van der Waals surface area contributed by atoms with Crippen LogP contribution in [0.3, 0.4) is 0 Å². The Balaban J connectivity index is 1.87. The maximum absolute atomic E-state index is 3.60. The van der Waals surface area contributed by atoms with Crippen LogP contribution in [0.1, 0.15) is 18.4 Å². The van der Waals surface area contributed by atoms with Crippen LogP contribution >= 0.6 is 0 Å². The van der Waals surface area contributed by atoms with Gasteiger partial charge in [0.1, 0.15) is 0 Å². The smallest absolute Gasteiger partial charge is 0.0373 e. The van der Waals surface area contributed by atoms with E-state index in [4.69, 9.17) is 0 Å². The van der Waals surface area contributed by atoms with Gasteiger partial charge in [0, 0.05) is 12.2 Å². The molecule has 2 heterocycles. The predicted octanol–water partition coefficient (Wildman–Crippen LogP) is 2.02. The molecule has 3 rings (SSSR count). The maximum atomic E-state index is 3.60. The summed E-state index contributed by atoms with van der Waals surface area (Å²) in [5.74, 6) is 0. The third-order valence-corrected chi connectivity index (χ3v) is 3.90. The highest BCUT2D eigenvalue weighted by Gasteiger charge is 2.35. The van der Waals surface area contributed by atoms with Crippen LogP contribution in [0.4, 0.5) is 5.69 Å². The van der Waals surface area contributed by atoms with Gasteiger partial charge >= 0.3 is 0 Å². The van der Waals surface area contributed by atoms with E-state index in [1.807, 2.05) is 0 Å². The number of hydrogen-bond donors (Lipinski definition) is 2. The van der Waals surface area contributed by atoms with Crippen molar-refractivity contribution < 1.29 is 0 Å². The molecule has 80 valence electrons. The highest BCUT2D eigenvalue weighted by Crippen LogP contribution is 2.38.